The predicted molar refractivity (Wildman–Crippen MR) is 576 cm³/mol. The molecule has 42 heteroatoms. The van der Waals surface area contributed by atoms with E-state index in [-0.39, 0.29) is 69.4 Å². The zero-order valence-corrected chi connectivity index (χ0v) is 81.4. The van der Waals surface area contributed by atoms with Crippen LogP contribution in [0.4, 0.5) is 77.4 Å². The van der Waals surface area contributed by atoms with Crippen molar-refractivity contribution < 1.29 is 47.9 Å². The number of urea groups is 5. The van der Waals surface area contributed by atoms with Crippen LogP contribution < -0.4 is 81.8 Å². The number of thiophene rings is 5. The van der Waals surface area contributed by atoms with Crippen LogP contribution in [0.2, 0.25) is 25.1 Å². The molecule has 10 aliphatic heterocycles. The van der Waals surface area contributed by atoms with Gasteiger partial charge in [-0.3, -0.25) is 75.1 Å². The van der Waals surface area contributed by atoms with Crippen molar-refractivity contribution in [2.75, 3.05) is 88.4 Å². The van der Waals surface area contributed by atoms with Gasteiger partial charge in [0.25, 0.3) is 29.5 Å². The number of anilines is 10. The van der Waals surface area contributed by atoms with E-state index in [1.54, 1.807) is 121 Å². The molecule has 10 aromatic rings. The lowest BCUT2D eigenvalue weighted by Crippen LogP contribution is -2.34. The average Bonchev–Trinajstić information content (AvgIpc) is 1.62. The summed E-state index contributed by atoms with van der Waals surface area (Å²) in [6.07, 6.45) is 15.0. The smallest absolute Gasteiger partial charge is 0.324 e. The summed E-state index contributed by atoms with van der Waals surface area (Å²) in [6, 6.07) is 35.8. The zero-order valence-electron chi connectivity index (χ0n) is 71.9. The summed E-state index contributed by atoms with van der Waals surface area (Å²) >= 11 is 36.6. The Labute approximate surface area is 862 Å². The standard InChI is InChI=1S/5C18H19ClN4O2S.6CH4.2ClH/c5*1-23-11-6-7-13(23)15-12(8-11)14(16(20)24)17(26-15)22-18(25)21-10-4-2-9(19)3-5-10;;;;;;;;/h5*2-5,11,13H,6-8H2,1H3,(H2,20,24)(H2,21,22,25);6*1H4;2*1H. The van der Waals surface area contributed by atoms with E-state index in [1.165, 1.54) is 56.7 Å². The molecular formula is C96H121Cl7N20O10S5. The van der Waals surface area contributed by atoms with Crippen LogP contribution >= 0.6 is 140 Å². The van der Waals surface area contributed by atoms with Crippen LogP contribution in [0.25, 0.3) is 0 Å². The Hall–Kier alpha value is -9.87. The van der Waals surface area contributed by atoms with Gasteiger partial charge in [-0.25, -0.2) is 24.0 Å². The molecule has 20 rings (SSSR count). The third-order valence-electron chi connectivity index (χ3n) is 26.0. The van der Waals surface area contributed by atoms with Gasteiger partial charge in [0.1, 0.15) is 25.0 Å². The lowest BCUT2D eigenvalue weighted by atomic mass is 9.97. The van der Waals surface area contributed by atoms with Crippen LogP contribution in [-0.4, -0.2) is 150 Å². The molecule has 744 valence electrons. The number of rotatable bonds is 15. The Kier molecular flexibility index (Phi) is 39.5. The van der Waals surface area contributed by atoms with Crippen molar-refractivity contribution >= 4 is 253 Å². The normalized spacial score (nSPS) is 20.1. The van der Waals surface area contributed by atoms with Crippen LogP contribution in [0, 0.1) is 0 Å². The van der Waals surface area contributed by atoms with Gasteiger partial charge >= 0.3 is 30.2 Å². The molecule has 138 heavy (non-hydrogen) atoms. The molecule has 30 nitrogen and oxygen atoms in total. The van der Waals surface area contributed by atoms with E-state index in [1.807, 2.05) is 0 Å². The number of benzene rings is 5. The fourth-order valence-corrected chi connectivity index (χ4v) is 27.3. The van der Waals surface area contributed by atoms with E-state index in [2.05, 4.69) is 113 Å². The summed E-state index contributed by atoms with van der Waals surface area (Å²) in [6.45, 7) is 0. The summed E-state index contributed by atoms with van der Waals surface area (Å²) in [5.74, 6) is -2.46. The second kappa shape index (κ2) is 48.1. The topological polar surface area (TPSA) is 437 Å². The number of carbonyl (C=O) groups excluding carboxylic acids is 10. The van der Waals surface area contributed by atoms with Gasteiger partial charge in [0.05, 0.1) is 27.8 Å². The number of primary amides is 5. The van der Waals surface area contributed by atoms with E-state index in [0.717, 1.165) is 149 Å². The number of nitrogens with one attached hydrogen (secondary N) is 10. The van der Waals surface area contributed by atoms with Gasteiger partial charge in [0.15, 0.2) is 0 Å². The Morgan fingerprint density at radius 2 is 0.384 bits per heavy atom. The van der Waals surface area contributed by atoms with Crippen molar-refractivity contribution in [1.29, 1.82) is 0 Å². The molecule has 15 amide bonds. The van der Waals surface area contributed by atoms with Crippen LogP contribution in [0.5, 0.6) is 0 Å². The summed E-state index contributed by atoms with van der Waals surface area (Å²) in [7, 11) is 10.6. The Morgan fingerprint density at radius 1 is 0.246 bits per heavy atom. The number of nitrogens with zero attached hydrogens (tertiary/aromatic N) is 5. The number of fused-ring (bicyclic) bond motifs is 20. The maximum absolute atomic E-state index is 12.4. The molecule has 0 radical (unpaired) electrons. The van der Waals surface area contributed by atoms with E-state index >= 15 is 0 Å². The molecule has 10 unspecified atom stereocenters. The third-order valence-corrected chi connectivity index (χ3v) is 33.5. The SMILES string of the molecule is C.C.C.C.C.C.CN1C2CCC1c1sc(NC(=O)Nc3ccc(Cl)cc3)c(C(N)=O)c1C2.CN1C2CCC1c1sc(NC(=O)Nc3ccc(Cl)cc3)c(C(N)=O)c1C2.CN1C2CCC1c1sc(NC(=O)Nc3ccc(Cl)cc3)c(C(N)=O)c1C2.CN1C2CCC1c1sc(NC(=O)Nc3ccc(Cl)cc3)c(C(N)=O)c1C2.CN1C2CCC1c1sc(NC(=O)Nc3ccc(Cl)cc3)c(C(N)=O)c1C2.Cl.Cl. The van der Waals surface area contributed by atoms with Gasteiger partial charge < -0.3 is 55.3 Å². The van der Waals surface area contributed by atoms with E-state index in [9.17, 15) is 47.9 Å². The van der Waals surface area contributed by atoms with Crippen LogP contribution in [-0.2, 0) is 32.1 Å². The minimum absolute atomic E-state index is 0. The average molecular weight is 2120 g/mol. The highest BCUT2D eigenvalue weighted by Crippen LogP contribution is 2.55. The maximum atomic E-state index is 12.4. The zero-order chi connectivity index (χ0) is 92.1. The highest BCUT2D eigenvalue weighted by Gasteiger charge is 2.48. The van der Waals surface area contributed by atoms with Crippen molar-refractivity contribution in [2.24, 2.45) is 28.7 Å². The van der Waals surface area contributed by atoms with E-state index < -0.39 is 59.7 Å². The van der Waals surface area contributed by atoms with Crippen molar-refractivity contribution in [3.8, 4) is 0 Å². The minimum atomic E-state index is -0.492. The predicted octanol–water partition coefficient (Wildman–Crippen LogP) is 23.8. The lowest BCUT2D eigenvalue weighted by molar-refractivity contribution is 0.0990. The van der Waals surface area contributed by atoms with Crippen molar-refractivity contribution in [1.82, 2.24) is 24.5 Å². The largest absolute Gasteiger partial charge is 0.365 e. The highest BCUT2D eigenvalue weighted by molar-refractivity contribution is 7.18. The first kappa shape index (κ1) is 113. The number of likely N-dealkylation sites (N-methyl/N-ethyl adjacent to an activating group) is 5. The summed E-state index contributed by atoms with van der Waals surface area (Å²) in [5, 5.41) is 33.3. The fourth-order valence-electron chi connectivity index (χ4n) is 19.6. The number of halogens is 7. The minimum Gasteiger partial charge on any atom is -0.365 e. The van der Waals surface area contributed by atoms with Crippen molar-refractivity contribution in [3.05, 3.63) is 226 Å². The summed E-state index contributed by atoms with van der Waals surface area (Å²) in [4.78, 5) is 140. The molecule has 10 atom stereocenters. The van der Waals surface area contributed by atoms with Gasteiger partial charge in [0, 0.05) is 138 Å². The van der Waals surface area contributed by atoms with E-state index in [4.69, 9.17) is 86.7 Å². The molecule has 15 heterocycles. The van der Waals surface area contributed by atoms with Gasteiger partial charge in [-0.1, -0.05) is 103 Å². The maximum Gasteiger partial charge on any atom is 0.324 e. The fraction of sp³-hybridized carbons (Fsp3) is 0.375. The molecule has 10 aliphatic rings. The van der Waals surface area contributed by atoms with Crippen LogP contribution in [0.1, 0.15) is 243 Å². The molecule has 0 aliphatic carbocycles. The first-order chi connectivity index (χ1) is 62.2. The number of hydrogen-bond donors (Lipinski definition) is 15. The summed E-state index contributed by atoms with van der Waals surface area (Å²) in [5.41, 5.74) is 38.6. The molecule has 5 aromatic carbocycles. The molecule has 5 fully saturated rings. The second-order valence-corrected chi connectivity index (χ2v) is 41.0. The molecule has 0 saturated carbocycles. The highest BCUT2D eigenvalue weighted by atomic mass is 35.5. The molecule has 5 saturated heterocycles. The van der Waals surface area contributed by atoms with Gasteiger partial charge in [-0.05, 0) is 281 Å². The van der Waals surface area contributed by atoms with Gasteiger partial charge in [-0.2, -0.15) is 0 Å². The number of carbonyl (C=O) groups is 10. The first-order valence-corrected chi connectivity index (χ1v) is 48.2. The molecule has 20 N–H and O–H groups in total. The van der Waals surface area contributed by atoms with Crippen molar-refractivity contribution in [3.63, 3.8) is 0 Å². The first-order valence-electron chi connectivity index (χ1n) is 42.2. The van der Waals surface area contributed by atoms with Crippen molar-refractivity contribution in [2.45, 2.75) is 201 Å². The van der Waals surface area contributed by atoms with E-state index in [0.29, 0.717) is 167 Å². The lowest BCUT2D eigenvalue weighted by Gasteiger charge is -2.31. The van der Waals surface area contributed by atoms with Gasteiger partial charge in [-0.15, -0.1) is 81.5 Å². The van der Waals surface area contributed by atoms with Gasteiger partial charge in [0.2, 0.25) is 0 Å². The number of hydrogen-bond acceptors (Lipinski definition) is 20. The Morgan fingerprint density at radius 3 is 0.514 bits per heavy atom. The third kappa shape index (κ3) is 24.3. The number of amides is 15. The summed E-state index contributed by atoms with van der Waals surface area (Å²) < 4.78 is 0. The molecule has 5 aromatic heterocycles. The second-order valence-electron chi connectivity index (χ2n) is 33.6. The molecule has 10 bridgehead atoms. The molecule has 0 spiro atoms. The monoisotopic (exact) mass is 2120 g/mol. The van der Waals surface area contributed by atoms with Crippen LogP contribution in [0.3, 0.4) is 0 Å². The Balaban J connectivity index is 0.000000209. The molecular weight excluding hydrogens is 2000 g/mol. The Bertz CT molecular complexity index is 5260. The number of nitrogens with two attached hydrogens (primary N) is 5. The van der Waals surface area contributed by atoms with Crippen LogP contribution in [0.15, 0.2) is 121 Å². The quantitative estimate of drug-likeness (QED) is 0.0453.